The number of hydrogen-bond acceptors (Lipinski definition) is 7. The third kappa shape index (κ3) is 4.18. The maximum atomic E-state index is 11.9. The fourth-order valence-corrected chi connectivity index (χ4v) is 1.55. The molecular formula is C13H17N5O3. The molecule has 0 atom stereocenters. The van der Waals surface area contributed by atoms with Crippen molar-refractivity contribution in [2.45, 2.75) is 0 Å². The first kappa shape index (κ1) is 14.8. The molecule has 21 heavy (non-hydrogen) atoms. The van der Waals surface area contributed by atoms with Gasteiger partial charge in [-0.15, -0.1) is 0 Å². The van der Waals surface area contributed by atoms with E-state index in [1.165, 1.54) is 0 Å². The first-order valence-corrected chi connectivity index (χ1v) is 6.33. The summed E-state index contributed by atoms with van der Waals surface area (Å²) < 4.78 is 9.98. The molecule has 0 aliphatic rings. The molecule has 0 aliphatic heterocycles. The monoisotopic (exact) mass is 291 g/mol. The molecule has 0 radical (unpaired) electrons. The van der Waals surface area contributed by atoms with Gasteiger partial charge in [0, 0.05) is 18.3 Å². The van der Waals surface area contributed by atoms with Crippen LogP contribution >= 0.6 is 0 Å². The Morgan fingerprint density at radius 3 is 2.90 bits per heavy atom. The van der Waals surface area contributed by atoms with Crippen LogP contribution in [0.5, 0.6) is 5.75 Å². The zero-order valence-electron chi connectivity index (χ0n) is 11.9. The number of amides is 1. The van der Waals surface area contributed by atoms with Crippen molar-refractivity contribution in [3.63, 3.8) is 0 Å². The second-order valence-corrected chi connectivity index (χ2v) is 4.63. The van der Waals surface area contributed by atoms with Crippen molar-refractivity contribution in [1.82, 2.24) is 15.2 Å². The van der Waals surface area contributed by atoms with Crippen molar-refractivity contribution < 1.29 is 14.2 Å². The van der Waals surface area contributed by atoms with Gasteiger partial charge in [-0.25, -0.2) is 4.63 Å². The molecule has 0 saturated heterocycles. The number of likely N-dealkylation sites (N-methyl/N-ethyl adjacent to an activating group) is 1. The van der Waals surface area contributed by atoms with E-state index in [0.717, 1.165) is 6.54 Å². The summed E-state index contributed by atoms with van der Waals surface area (Å²) in [5.74, 6) is 0.131. The number of benzene rings is 1. The summed E-state index contributed by atoms with van der Waals surface area (Å²) in [5.41, 5.74) is 5.99. The van der Waals surface area contributed by atoms with Gasteiger partial charge in [0.25, 0.3) is 5.91 Å². The van der Waals surface area contributed by atoms with E-state index >= 15 is 0 Å². The largest absolute Gasteiger partial charge is 0.492 e. The number of ether oxygens (including phenoxy) is 1. The summed E-state index contributed by atoms with van der Waals surface area (Å²) in [6, 6.07) is 7.06. The third-order valence-corrected chi connectivity index (χ3v) is 2.63. The maximum Gasteiger partial charge on any atom is 0.281 e. The predicted molar refractivity (Wildman–Crippen MR) is 77.2 cm³/mol. The summed E-state index contributed by atoms with van der Waals surface area (Å²) in [5, 5.41) is 9.45. The van der Waals surface area contributed by atoms with Gasteiger partial charge in [0.2, 0.25) is 11.5 Å². The minimum Gasteiger partial charge on any atom is -0.492 e. The molecule has 1 aromatic heterocycles. The maximum absolute atomic E-state index is 11.9. The lowest BCUT2D eigenvalue weighted by molar-refractivity contribution is 0.101. The molecule has 0 fully saturated rings. The lowest BCUT2D eigenvalue weighted by Gasteiger charge is -2.11. The molecule has 1 heterocycles. The van der Waals surface area contributed by atoms with E-state index in [1.54, 1.807) is 18.2 Å². The molecule has 0 spiro atoms. The molecule has 1 aromatic carbocycles. The van der Waals surface area contributed by atoms with Crippen molar-refractivity contribution >= 4 is 17.4 Å². The standard InChI is InChI=1S/C13H17N5O3/c1-18(2)6-7-20-10-5-3-4-9(8-10)15-13(19)11-12(14)17-21-16-11/h3-5,8H,6-7H2,1-2H3,(H2,14,17)(H,15,19). The summed E-state index contributed by atoms with van der Waals surface area (Å²) in [6.45, 7) is 1.36. The average molecular weight is 291 g/mol. The molecular weight excluding hydrogens is 274 g/mol. The minimum absolute atomic E-state index is 0.0473. The highest BCUT2D eigenvalue weighted by Gasteiger charge is 2.16. The Labute approximate surface area is 121 Å². The lowest BCUT2D eigenvalue weighted by Crippen LogP contribution is -2.19. The zero-order chi connectivity index (χ0) is 15.2. The Kier molecular flexibility index (Phi) is 4.72. The number of carbonyl (C=O) groups excluding carboxylic acids is 1. The molecule has 112 valence electrons. The molecule has 3 N–H and O–H groups in total. The van der Waals surface area contributed by atoms with Crippen molar-refractivity contribution in [3.8, 4) is 5.75 Å². The van der Waals surface area contributed by atoms with Crippen LogP contribution in [0.1, 0.15) is 10.5 Å². The van der Waals surface area contributed by atoms with Gasteiger partial charge in [-0.05, 0) is 36.5 Å². The van der Waals surface area contributed by atoms with Gasteiger partial charge in [0.15, 0.2) is 0 Å². The van der Waals surface area contributed by atoms with E-state index in [4.69, 9.17) is 10.5 Å². The van der Waals surface area contributed by atoms with Crippen LogP contribution in [0.3, 0.4) is 0 Å². The first-order chi connectivity index (χ1) is 10.1. The number of nitrogen functional groups attached to an aromatic ring is 1. The minimum atomic E-state index is -0.487. The molecule has 0 unspecified atom stereocenters. The highest BCUT2D eigenvalue weighted by molar-refractivity contribution is 6.05. The van der Waals surface area contributed by atoms with E-state index < -0.39 is 5.91 Å². The van der Waals surface area contributed by atoms with E-state index in [-0.39, 0.29) is 11.5 Å². The summed E-state index contributed by atoms with van der Waals surface area (Å²) in [7, 11) is 3.94. The molecule has 0 aliphatic carbocycles. The van der Waals surface area contributed by atoms with E-state index in [9.17, 15) is 4.79 Å². The van der Waals surface area contributed by atoms with Gasteiger partial charge in [-0.3, -0.25) is 4.79 Å². The SMILES string of the molecule is CN(C)CCOc1cccc(NC(=O)c2nonc2N)c1. The van der Waals surface area contributed by atoms with Crippen LogP contribution in [0.2, 0.25) is 0 Å². The number of carbonyl (C=O) groups is 1. The van der Waals surface area contributed by atoms with Gasteiger partial charge in [0.05, 0.1) is 0 Å². The van der Waals surface area contributed by atoms with Crippen LogP contribution < -0.4 is 15.8 Å². The summed E-state index contributed by atoms with van der Waals surface area (Å²) in [6.07, 6.45) is 0. The molecule has 2 rings (SSSR count). The van der Waals surface area contributed by atoms with E-state index in [2.05, 4.69) is 20.3 Å². The quantitative estimate of drug-likeness (QED) is 0.812. The topological polar surface area (TPSA) is 107 Å². The molecule has 1 amide bonds. The van der Waals surface area contributed by atoms with Gasteiger partial charge in [-0.2, -0.15) is 0 Å². The second-order valence-electron chi connectivity index (χ2n) is 4.63. The van der Waals surface area contributed by atoms with Crippen molar-refractivity contribution in [2.24, 2.45) is 0 Å². The average Bonchev–Trinajstić information content (AvgIpc) is 2.85. The van der Waals surface area contributed by atoms with Gasteiger partial charge in [0.1, 0.15) is 12.4 Å². The van der Waals surface area contributed by atoms with Crippen LogP contribution in [0, 0.1) is 0 Å². The third-order valence-electron chi connectivity index (χ3n) is 2.63. The van der Waals surface area contributed by atoms with Crippen LogP contribution in [0.15, 0.2) is 28.9 Å². The zero-order valence-corrected chi connectivity index (χ0v) is 11.9. The Hall–Kier alpha value is -2.61. The molecule has 2 aromatic rings. The van der Waals surface area contributed by atoms with Crippen LogP contribution in [0.4, 0.5) is 11.5 Å². The Bertz CT molecular complexity index is 611. The summed E-state index contributed by atoms with van der Waals surface area (Å²) >= 11 is 0. The van der Waals surface area contributed by atoms with Crippen LogP contribution in [-0.4, -0.2) is 48.4 Å². The number of nitrogens with two attached hydrogens (primary N) is 1. The first-order valence-electron chi connectivity index (χ1n) is 6.33. The smallest absolute Gasteiger partial charge is 0.281 e. The number of nitrogens with zero attached hydrogens (tertiary/aromatic N) is 3. The Balaban J connectivity index is 1.98. The highest BCUT2D eigenvalue weighted by Crippen LogP contribution is 2.18. The number of anilines is 2. The fraction of sp³-hybridized carbons (Fsp3) is 0.308. The lowest BCUT2D eigenvalue weighted by atomic mass is 10.3. The predicted octanol–water partition coefficient (Wildman–Crippen LogP) is 0.844. The van der Waals surface area contributed by atoms with Crippen molar-refractivity contribution in [2.75, 3.05) is 38.3 Å². The summed E-state index contributed by atoms with van der Waals surface area (Å²) in [4.78, 5) is 13.9. The van der Waals surface area contributed by atoms with Gasteiger partial charge in [-0.1, -0.05) is 6.07 Å². The molecule has 8 nitrogen and oxygen atoms in total. The van der Waals surface area contributed by atoms with Crippen LogP contribution in [-0.2, 0) is 0 Å². The van der Waals surface area contributed by atoms with E-state index in [0.29, 0.717) is 18.0 Å². The molecule has 8 heteroatoms. The Morgan fingerprint density at radius 2 is 2.24 bits per heavy atom. The highest BCUT2D eigenvalue weighted by atomic mass is 16.6. The van der Waals surface area contributed by atoms with Crippen molar-refractivity contribution in [3.05, 3.63) is 30.0 Å². The van der Waals surface area contributed by atoms with Crippen molar-refractivity contribution in [1.29, 1.82) is 0 Å². The van der Waals surface area contributed by atoms with Gasteiger partial charge >= 0.3 is 0 Å². The normalized spacial score (nSPS) is 10.6. The fourth-order valence-electron chi connectivity index (χ4n) is 1.55. The second kappa shape index (κ2) is 6.71. The molecule has 0 bridgehead atoms. The van der Waals surface area contributed by atoms with Crippen LogP contribution in [0.25, 0.3) is 0 Å². The Morgan fingerprint density at radius 1 is 1.43 bits per heavy atom. The van der Waals surface area contributed by atoms with Gasteiger partial charge < -0.3 is 20.7 Å². The number of hydrogen-bond donors (Lipinski definition) is 2. The molecule has 0 saturated carbocycles. The number of nitrogens with one attached hydrogen (secondary N) is 1. The number of aromatic nitrogens is 2. The number of rotatable bonds is 6. The van der Waals surface area contributed by atoms with E-state index in [1.807, 2.05) is 25.1 Å².